The molecule has 6 heteroatoms. The smallest absolute Gasteiger partial charge is 0.329 e. The Hall–Kier alpha value is -2.08. The molecule has 2 N–H and O–H groups in total. The Morgan fingerprint density at radius 1 is 1.29 bits per heavy atom. The fourth-order valence-electron chi connectivity index (χ4n) is 3.35. The summed E-state index contributed by atoms with van der Waals surface area (Å²) in [4.78, 5) is 24.0. The normalized spacial score (nSPS) is 22.2. The molecule has 2 aliphatic rings. The number of rotatable bonds is 6. The van der Waals surface area contributed by atoms with Crippen LogP contribution in [0.4, 0.5) is 0 Å². The molecule has 0 aromatic heterocycles. The summed E-state index contributed by atoms with van der Waals surface area (Å²) in [6.45, 7) is 1.23. The second-order valence-electron chi connectivity index (χ2n) is 6.52. The maximum atomic E-state index is 12.5. The standard InChI is InChI=1S/C18H23NO5/c20-16(19-18(17(21)22)8-1-2-9-18)13-5-3-6-14(11-13)24-12-15-7-4-10-23-15/h3,5-6,11,15H,1-2,4,7-10,12H2,(H,19,20)(H,21,22). The molecule has 3 rings (SSSR count). The Morgan fingerprint density at radius 3 is 2.75 bits per heavy atom. The molecule has 2 fully saturated rings. The van der Waals surface area contributed by atoms with E-state index in [1.807, 2.05) is 0 Å². The van der Waals surface area contributed by atoms with Crippen molar-refractivity contribution in [3.63, 3.8) is 0 Å². The number of carbonyl (C=O) groups is 2. The number of amides is 1. The second-order valence-corrected chi connectivity index (χ2v) is 6.52. The molecule has 0 bridgehead atoms. The summed E-state index contributed by atoms with van der Waals surface area (Å²) in [5.74, 6) is -0.741. The largest absolute Gasteiger partial charge is 0.491 e. The molecule has 1 amide bonds. The van der Waals surface area contributed by atoms with E-state index in [4.69, 9.17) is 9.47 Å². The Balaban J connectivity index is 1.64. The monoisotopic (exact) mass is 333 g/mol. The molecule has 130 valence electrons. The summed E-state index contributed by atoms with van der Waals surface area (Å²) in [6.07, 6.45) is 4.73. The van der Waals surface area contributed by atoms with E-state index in [0.717, 1.165) is 32.3 Å². The van der Waals surface area contributed by atoms with Gasteiger partial charge in [-0.05, 0) is 43.9 Å². The van der Waals surface area contributed by atoms with Crippen LogP contribution in [0.5, 0.6) is 5.75 Å². The lowest BCUT2D eigenvalue weighted by atomic mass is 9.97. The highest BCUT2D eigenvalue weighted by atomic mass is 16.5. The highest BCUT2D eigenvalue weighted by Gasteiger charge is 2.42. The maximum Gasteiger partial charge on any atom is 0.329 e. The molecule has 6 nitrogen and oxygen atoms in total. The molecule has 1 atom stereocenters. The number of hydrogen-bond donors (Lipinski definition) is 2. The third kappa shape index (κ3) is 3.70. The average Bonchev–Trinajstić information content (AvgIpc) is 3.25. The fraction of sp³-hybridized carbons (Fsp3) is 0.556. The van der Waals surface area contributed by atoms with Crippen LogP contribution >= 0.6 is 0 Å². The minimum Gasteiger partial charge on any atom is -0.491 e. The number of nitrogens with one attached hydrogen (secondary N) is 1. The molecule has 1 saturated carbocycles. The molecule has 1 aliphatic heterocycles. The van der Waals surface area contributed by atoms with Crippen LogP contribution in [0.1, 0.15) is 48.9 Å². The number of carboxylic acids is 1. The van der Waals surface area contributed by atoms with Crippen molar-refractivity contribution < 1.29 is 24.2 Å². The Bertz CT molecular complexity index is 603. The first kappa shape index (κ1) is 16.8. The van der Waals surface area contributed by atoms with Crippen LogP contribution in [-0.2, 0) is 9.53 Å². The van der Waals surface area contributed by atoms with Gasteiger partial charge in [0.15, 0.2) is 0 Å². The summed E-state index contributed by atoms with van der Waals surface area (Å²) in [6, 6.07) is 6.84. The van der Waals surface area contributed by atoms with E-state index in [9.17, 15) is 14.7 Å². The predicted molar refractivity (Wildman–Crippen MR) is 87.2 cm³/mol. The van der Waals surface area contributed by atoms with Gasteiger partial charge in [-0.2, -0.15) is 0 Å². The highest BCUT2D eigenvalue weighted by molar-refractivity contribution is 5.98. The fourth-order valence-corrected chi connectivity index (χ4v) is 3.35. The number of carbonyl (C=O) groups excluding carboxylic acids is 1. The van der Waals surface area contributed by atoms with E-state index < -0.39 is 11.5 Å². The van der Waals surface area contributed by atoms with Gasteiger partial charge in [-0.25, -0.2) is 4.79 Å². The molecule has 1 heterocycles. The second kappa shape index (κ2) is 7.21. The molecule has 24 heavy (non-hydrogen) atoms. The van der Waals surface area contributed by atoms with E-state index in [0.29, 0.717) is 30.8 Å². The van der Waals surface area contributed by atoms with Crippen LogP contribution in [0.25, 0.3) is 0 Å². The summed E-state index contributed by atoms with van der Waals surface area (Å²) < 4.78 is 11.2. The van der Waals surface area contributed by atoms with Gasteiger partial charge in [0.2, 0.25) is 0 Å². The quantitative estimate of drug-likeness (QED) is 0.835. The van der Waals surface area contributed by atoms with Crippen molar-refractivity contribution in [2.75, 3.05) is 13.2 Å². The van der Waals surface area contributed by atoms with Crippen LogP contribution in [0.3, 0.4) is 0 Å². The van der Waals surface area contributed by atoms with Gasteiger partial charge in [0.1, 0.15) is 17.9 Å². The first-order valence-corrected chi connectivity index (χ1v) is 8.49. The lowest BCUT2D eigenvalue weighted by Gasteiger charge is -2.25. The van der Waals surface area contributed by atoms with Gasteiger partial charge < -0.3 is 19.9 Å². The first-order valence-electron chi connectivity index (χ1n) is 8.49. The van der Waals surface area contributed by atoms with Crippen molar-refractivity contribution in [1.29, 1.82) is 0 Å². The number of carboxylic acid groups (broad SMARTS) is 1. The van der Waals surface area contributed by atoms with E-state index in [1.54, 1.807) is 24.3 Å². The van der Waals surface area contributed by atoms with Crippen LogP contribution in [0.15, 0.2) is 24.3 Å². The molecule has 1 aromatic carbocycles. The van der Waals surface area contributed by atoms with Crippen LogP contribution in [0, 0.1) is 0 Å². The van der Waals surface area contributed by atoms with Crippen LogP contribution in [0.2, 0.25) is 0 Å². The first-order chi connectivity index (χ1) is 11.6. The Kier molecular flexibility index (Phi) is 5.04. The van der Waals surface area contributed by atoms with Gasteiger partial charge in [-0.1, -0.05) is 18.9 Å². The lowest BCUT2D eigenvalue weighted by Crippen LogP contribution is -2.52. The highest BCUT2D eigenvalue weighted by Crippen LogP contribution is 2.30. The number of ether oxygens (including phenoxy) is 2. The Labute approximate surface area is 141 Å². The van der Waals surface area contributed by atoms with Gasteiger partial charge in [0.05, 0.1) is 6.10 Å². The average molecular weight is 333 g/mol. The van der Waals surface area contributed by atoms with Crippen molar-refractivity contribution in [2.24, 2.45) is 0 Å². The minimum atomic E-state index is -1.13. The number of hydrogen-bond acceptors (Lipinski definition) is 4. The van der Waals surface area contributed by atoms with E-state index >= 15 is 0 Å². The third-order valence-electron chi connectivity index (χ3n) is 4.78. The van der Waals surface area contributed by atoms with Crippen molar-refractivity contribution in [1.82, 2.24) is 5.32 Å². The molecule has 1 aromatic rings. The summed E-state index contributed by atoms with van der Waals surface area (Å²) in [5.41, 5.74) is -0.724. The molecule has 0 radical (unpaired) electrons. The summed E-state index contributed by atoms with van der Waals surface area (Å²) >= 11 is 0. The zero-order valence-corrected chi connectivity index (χ0v) is 13.6. The van der Waals surface area contributed by atoms with Gasteiger partial charge in [0.25, 0.3) is 5.91 Å². The SMILES string of the molecule is O=C(NC1(C(=O)O)CCCC1)c1cccc(OCC2CCCO2)c1. The summed E-state index contributed by atoms with van der Waals surface area (Å²) in [7, 11) is 0. The number of aliphatic carboxylic acids is 1. The molecule has 1 aliphatic carbocycles. The van der Waals surface area contributed by atoms with Gasteiger partial charge in [-0.3, -0.25) is 4.79 Å². The van der Waals surface area contributed by atoms with Gasteiger partial charge >= 0.3 is 5.97 Å². The molecule has 0 spiro atoms. The Morgan fingerprint density at radius 2 is 2.08 bits per heavy atom. The molecular weight excluding hydrogens is 310 g/mol. The van der Waals surface area contributed by atoms with Crippen molar-refractivity contribution >= 4 is 11.9 Å². The lowest BCUT2D eigenvalue weighted by molar-refractivity contribution is -0.144. The van der Waals surface area contributed by atoms with E-state index in [2.05, 4.69) is 5.32 Å². The minimum absolute atomic E-state index is 0.108. The van der Waals surface area contributed by atoms with Crippen LogP contribution < -0.4 is 10.1 Å². The van der Waals surface area contributed by atoms with E-state index in [-0.39, 0.29) is 12.0 Å². The zero-order chi connectivity index (χ0) is 17.0. The zero-order valence-electron chi connectivity index (χ0n) is 13.6. The van der Waals surface area contributed by atoms with E-state index in [1.165, 1.54) is 0 Å². The van der Waals surface area contributed by atoms with Crippen LogP contribution in [-0.4, -0.2) is 41.8 Å². The van der Waals surface area contributed by atoms with Crippen molar-refractivity contribution in [2.45, 2.75) is 50.2 Å². The maximum absolute atomic E-state index is 12.5. The predicted octanol–water partition coefficient (Wildman–Crippen LogP) is 2.37. The van der Waals surface area contributed by atoms with Crippen molar-refractivity contribution in [3.05, 3.63) is 29.8 Å². The third-order valence-corrected chi connectivity index (χ3v) is 4.78. The number of benzene rings is 1. The molecule has 1 unspecified atom stereocenters. The van der Waals surface area contributed by atoms with Gasteiger partial charge in [-0.15, -0.1) is 0 Å². The van der Waals surface area contributed by atoms with Gasteiger partial charge in [0, 0.05) is 12.2 Å². The topological polar surface area (TPSA) is 84.9 Å². The van der Waals surface area contributed by atoms with Crippen molar-refractivity contribution in [3.8, 4) is 5.75 Å². The molecule has 1 saturated heterocycles. The molecular formula is C18H23NO5. The summed E-state index contributed by atoms with van der Waals surface area (Å²) in [5, 5.41) is 12.2.